The van der Waals surface area contributed by atoms with Crippen LogP contribution in [0, 0.1) is 0 Å². The lowest BCUT2D eigenvalue weighted by Gasteiger charge is -2.37. The first-order valence-corrected chi connectivity index (χ1v) is 11.1. The summed E-state index contributed by atoms with van der Waals surface area (Å²) in [5, 5.41) is 0. The molecule has 1 atom stereocenters. The van der Waals surface area contributed by atoms with Crippen molar-refractivity contribution in [1.82, 2.24) is 4.90 Å². The maximum Gasteiger partial charge on any atom is 0.119 e. The molecule has 1 fully saturated rings. The third-order valence-corrected chi connectivity index (χ3v) is 6.23. The number of hydrogen-bond acceptors (Lipinski definition) is 4. The Kier molecular flexibility index (Phi) is 6.55. The molecule has 0 unspecified atom stereocenters. The molecule has 28 heavy (non-hydrogen) atoms. The quantitative estimate of drug-likeness (QED) is 0.645. The van der Waals surface area contributed by atoms with Crippen LogP contribution in [0.4, 0.5) is 5.69 Å². The number of ether oxygens (including phenoxy) is 2. The third kappa shape index (κ3) is 4.70. The van der Waals surface area contributed by atoms with E-state index in [9.17, 15) is 0 Å². The van der Waals surface area contributed by atoms with Crippen LogP contribution < -0.4 is 9.64 Å². The van der Waals surface area contributed by atoms with E-state index in [1.54, 1.807) is 0 Å². The topological polar surface area (TPSA) is 24.9 Å². The van der Waals surface area contributed by atoms with Crippen molar-refractivity contribution in [2.45, 2.75) is 25.9 Å². The Morgan fingerprint density at radius 3 is 2.61 bits per heavy atom. The molecular formula is C23H29BrN2O2. The van der Waals surface area contributed by atoms with E-state index in [4.69, 9.17) is 9.47 Å². The summed E-state index contributed by atoms with van der Waals surface area (Å²) in [5.74, 6) is 0.949. The molecule has 2 heterocycles. The van der Waals surface area contributed by atoms with Crippen LogP contribution in [0.2, 0.25) is 0 Å². The van der Waals surface area contributed by atoms with Crippen molar-refractivity contribution >= 4 is 21.6 Å². The van der Waals surface area contributed by atoms with E-state index in [0.29, 0.717) is 6.61 Å². The van der Waals surface area contributed by atoms with Gasteiger partial charge in [-0.3, -0.25) is 4.90 Å². The fourth-order valence-corrected chi connectivity index (χ4v) is 4.60. The molecular weight excluding hydrogens is 416 g/mol. The molecule has 4 nitrogen and oxygen atoms in total. The Morgan fingerprint density at radius 1 is 1.07 bits per heavy atom. The van der Waals surface area contributed by atoms with Crippen molar-refractivity contribution in [3.05, 3.63) is 58.1 Å². The molecule has 1 saturated heterocycles. The number of piperazine rings is 1. The van der Waals surface area contributed by atoms with Gasteiger partial charge >= 0.3 is 0 Å². The molecule has 0 aliphatic carbocycles. The van der Waals surface area contributed by atoms with Crippen molar-refractivity contribution in [2.75, 3.05) is 50.8 Å². The highest BCUT2D eigenvalue weighted by molar-refractivity contribution is 9.10. The number of nitrogens with zero attached hydrogens (tertiary/aromatic N) is 2. The smallest absolute Gasteiger partial charge is 0.119 e. The zero-order chi connectivity index (χ0) is 19.3. The van der Waals surface area contributed by atoms with E-state index in [1.807, 2.05) is 6.92 Å². The fraction of sp³-hybridized carbons (Fsp3) is 0.478. The lowest BCUT2D eigenvalue weighted by Crippen LogP contribution is -2.46. The molecule has 4 rings (SSSR count). The van der Waals surface area contributed by atoms with E-state index < -0.39 is 0 Å². The lowest BCUT2D eigenvalue weighted by molar-refractivity contribution is 0.0289. The zero-order valence-electron chi connectivity index (χ0n) is 16.6. The Bertz CT molecular complexity index is 773. The maximum absolute atomic E-state index is 6.09. The number of rotatable bonds is 6. The van der Waals surface area contributed by atoms with Gasteiger partial charge in [-0.25, -0.2) is 0 Å². The summed E-state index contributed by atoms with van der Waals surface area (Å²) < 4.78 is 12.8. The number of fused-ring (bicyclic) bond motifs is 1. The van der Waals surface area contributed by atoms with Gasteiger partial charge in [0.1, 0.15) is 5.75 Å². The molecule has 0 bridgehead atoms. The minimum absolute atomic E-state index is 0.237. The Labute approximate surface area is 176 Å². The minimum atomic E-state index is 0.237. The van der Waals surface area contributed by atoms with Gasteiger partial charge in [0.25, 0.3) is 0 Å². The van der Waals surface area contributed by atoms with Crippen molar-refractivity contribution in [3.63, 3.8) is 0 Å². The highest BCUT2D eigenvalue weighted by atomic mass is 79.9. The van der Waals surface area contributed by atoms with Crippen molar-refractivity contribution in [1.29, 1.82) is 0 Å². The van der Waals surface area contributed by atoms with E-state index in [-0.39, 0.29) is 6.10 Å². The zero-order valence-corrected chi connectivity index (χ0v) is 18.2. The van der Waals surface area contributed by atoms with Gasteiger partial charge in [0.2, 0.25) is 0 Å². The second kappa shape index (κ2) is 9.29. The number of hydrogen-bond donors (Lipinski definition) is 0. The third-order valence-electron chi connectivity index (χ3n) is 5.74. The molecule has 0 N–H and O–H groups in total. The molecule has 0 amide bonds. The summed E-state index contributed by atoms with van der Waals surface area (Å²) in [6.07, 6.45) is 2.32. The first-order valence-electron chi connectivity index (χ1n) is 10.3. The van der Waals surface area contributed by atoms with Crippen LogP contribution in [0.15, 0.2) is 46.9 Å². The predicted molar refractivity (Wildman–Crippen MR) is 117 cm³/mol. The summed E-state index contributed by atoms with van der Waals surface area (Å²) in [5.41, 5.74) is 4.10. The van der Waals surface area contributed by atoms with Crippen LogP contribution in [-0.4, -0.2) is 50.8 Å². The average Bonchev–Trinajstić information content (AvgIpc) is 2.73. The van der Waals surface area contributed by atoms with Gasteiger partial charge in [0, 0.05) is 42.9 Å². The summed E-state index contributed by atoms with van der Waals surface area (Å²) in [6.45, 7) is 9.01. The van der Waals surface area contributed by atoms with Gasteiger partial charge < -0.3 is 14.4 Å². The molecule has 2 aliphatic heterocycles. The van der Waals surface area contributed by atoms with Crippen LogP contribution in [0.3, 0.4) is 0 Å². The van der Waals surface area contributed by atoms with Crippen LogP contribution >= 0.6 is 15.9 Å². The molecule has 2 aliphatic rings. The van der Waals surface area contributed by atoms with Gasteiger partial charge in [0.15, 0.2) is 0 Å². The molecule has 150 valence electrons. The second-order valence-electron chi connectivity index (χ2n) is 7.50. The van der Waals surface area contributed by atoms with E-state index in [0.717, 1.165) is 62.4 Å². The highest BCUT2D eigenvalue weighted by Gasteiger charge is 2.23. The number of benzene rings is 2. The van der Waals surface area contributed by atoms with Crippen LogP contribution in [0.1, 0.15) is 30.6 Å². The SMILES string of the molecule is CCOc1ccc(N2CCN(CC[C@@H]3OCCc4cc(Br)ccc43)CC2)cc1. The normalized spacial score (nSPS) is 20.1. The Balaban J connectivity index is 1.27. The molecule has 2 aromatic rings. The Morgan fingerprint density at radius 2 is 1.86 bits per heavy atom. The molecule has 5 heteroatoms. The molecule has 2 aromatic carbocycles. The van der Waals surface area contributed by atoms with Gasteiger partial charge in [0.05, 0.1) is 19.3 Å². The monoisotopic (exact) mass is 444 g/mol. The largest absolute Gasteiger partial charge is 0.494 e. The summed E-state index contributed by atoms with van der Waals surface area (Å²) in [6, 6.07) is 15.1. The second-order valence-corrected chi connectivity index (χ2v) is 8.41. The minimum Gasteiger partial charge on any atom is -0.494 e. The first-order chi connectivity index (χ1) is 13.7. The molecule has 0 spiro atoms. The number of anilines is 1. The van der Waals surface area contributed by atoms with E-state index in [1.165, 1.54) is 16.8 Å². The van der Waals surface area contributed by atoms with Gasteiger partial charge in [-0.15, -0.1) is 0 Å². The molecule has 0 radical (unpaired) electrons. The highest BCUT2D eigenvalue weighted by Crippen LogP contribution is 2.32. The van der Waals surface area contributed by atoms with E-state index in [2.05, 4.69) is 68.2 Å². The predicted octanol–water partition coefficient (Wildman–Crippen LogP) is 4.67. The summed E-state index contributed by atoms with van der Waals surface area (Å²) >= 11 is 3.59. The maximum atomic E-state index is 6.09. The van der Waals surface area contributed by atoms with Gasteiger partial charge in [-0.05, 0) is 67.3 Å². The van der Waals surface area contributed by atoms with Crippen molar-refractivity contribution in [3.8, 4) is 5.75 Å². The fourth-order valence-electron chi connectivity index (χ4n) is 4.19. The Hall–Kier alpha value is -1.56. The van der Waals surface area contributed by atoms with Gasteiger partial charge in [-0.2, -0.15) is 0 Å². The van der Waals surface area contributed by atoms with Crippen LogP contribution in [0.25, 0.3) is 0 Å². The first kappa shape index (κ1) is 19.7. The average molecular weight is 445 g/mol. The summed E-state index contributed by atoms with van der Waals surface area (Å²) in [7, 11) is 0. The van der Waals surface area contributed by atoms with Crippen LogP contribution in [-0.2, 0) is 11.2 Å². The van der Waals surface area contributed by atoms with Gasteiger partial charge in [-0.1, -0.05) is 22.0 Å². The molecule has 0 aromatic heterocycles. The number of halogens is 1. The van der Waals surface area contributed by atoms with Crippen molar-refractivity contribution in [2.24, 2.45) is 0 Å². The van der Waals surface area contributed by atoms with Crippen molar-refractivity contribution < 1.29 is 9.47 Å². The van der Waals surface area contributed by atoms with E-state index >= 15 is 0 Å². The standard InChI is InChI=1S/C23H29BrN2O2/c1-2-27-21-6-4-20(5-7-21)26-14-12-25(13-15-26)11-9-23-22-8-3-19(24)17-18(22)10-16-28-23/h3-8,17,23H,2,9-16H2,1H3/t23-/m0/s1. The lowest BCUT2D eigenvalue weighted by atomic mass is 9.95. The summed E-state index contributed by atoms with van der Waals surface area (Å²) in [4.78, 5) is 5.04. The molecule has 0 saturated carbocycles. The van der Waals surface area contributed by atoms with Crippen LogP contribution in [0.5, 0.6) is 5.75 Å².